The van der Waals surface area contributed by atoms with Gasteiger partial charge in [0.05, 0.1) is 16.9 Å². The molecule has 7 heteroatoms. The van der Waals surface area contributed by atoms with Crippen molar-refractivity contribution in [2.24, 2.45) is 5.92 Å². The summed E-state index contributed by atoms with van der Waals surface area (Å²) < 4.78 is 32.9. The van der Waals surface area contributed by atoms with Gasteiger partial charge in [0.1, 0.15) is 5.75 Å². The molecular formula is C16H23NO5S. The van der Waals surface area contributed by atoms with Crippen LogP contribution >= 0.6 is 0 Å². The van der Waals surface area contributed by atoms with Crippen molar-refractivity contribution in [2.45, 2.75) is 56.6 Å². The Balaban J connectivity index is 1.98. The Morgan fingerprint density at radius 2 is 1.74 bits per heavy atom. The number of hydrogen-bond acceptors (Lipinski definition) is 4. The van der Waals surface area contributed by atoms with Crippen LogP contribution in [0.5, 0.6) is 5.75 Å². The van der Waals surface area contributed by atoms with Crippen LogP contribution in [0.4, 0.5) is 0 Å². The van der Waals surface area contributed by atoms with E-state index in [1.165, 1.54) is 12.1 Å². The highest BCUT2D eigenvalue weighted by atomic mass is 32.2. The molecule has 0 aliphatic heterocycles. The predicted molar refractivity (Wildman–Crippen MR) is 85.9 cm³/mol. The average Bonchev–Trinajstić information content (AvgIpc) is 2.47. The number of rotatable bonds is 6. The van der Waals surface area contributed by atoms with Gasteiger partial charge < -0.3 is 9.84 Å². The molecular weight excluding hydrogens is 318 g/mol. The van der Waals surface area contributed by atoms with Crippen LogP contribution in [0.2, 0.25) is 0 Å². The van der Waals surface area contributed by atoms with Gasteiger partial charge in [0.2, 0.25) is 10.0 Å². The van der Waals surface area contributed by atoms with Gasteiger partial charge in [-0.15, -0.1) is 0 Å². The van der Waals surface area contributed by atoms with Crippen molar-refractivity contribution in [3.63, 3.8) is 0 Å². The van der Waals surface area contributed by atoms with E-state index in [4.69, 9.17) is 9.84 Å². The zero-order chi connectivity index (χ0) is 17.0. The van der Waals surface area contributed by atoms with E-state index < -0.39 is 16.0 Å². The number of carboxylic acids is 1. The Bertz CT molecular complexity index is 631. The van der Waals surface area contributed by atoms with Crippen molar-refractivity contribution in [1.82, 2.24) is 4.72 Å². The highest BCUT2D eigenvalue weighted by molar-refractivity contribution is 7.89. The summed E-state index contributed by atoms with van der Waals surface area (Å²) in [5.74, 6) is -0.531. The molecule has 2 N–H and O–H groups in total. The number of hydrogen-bond donors (Lipinski definition) is 2. The number of nitrogens with one attached hydrogen (secondary N) is 1. The quantitative estimate of drug-likeness (QED) is 0.829. The fraction of sp³-hybridized carbons (Fsp3) is 0.562. The second kappa shape index (κ2) is 7.31. The fourth-order valence-corrected chi connectivity index (χ4v) is 4.02. The van der Waals surface area contributed by atoms with Gasteiger partial charge in [-0.2, -0.15) is 0 Å². The highest BCUT2D eigenvalue weighted by Crippen LogP contribution is 2.26. The third kappa shape index (κ3) is 4.94. The molecule has 0 saturated heterocycles. The molecule has 128 valence electrons. The van der Waals surface area contributed by atoms with E-state index in [9.17, 15) is 13.2 Å². The topological polar surface area (TPSA) is 92.7 Å². The maximum Gasteiger partial charge on any atom is 0.306 e. The van der Waals surface area contributed by atoms with Crippen molar-refractivity contribution in [3.8, 4) is 5.75 Å². The minimum Gasteiger partial charge on any atom is -0.491 e. The molecule has 1 saturated carbocycles. The first-order valence-corrected chi connectivity index (χ1v) is 9.28. The Hall–Kier alpha value is -1.60. The molecule has 1 aromatic rings. The first-order chi connectivity index (χ1) is 10.8. The molecule has 23 heavy (non-hydrogen) atoms. The number of carbonyl (C=O) groups is 1. The molecule has 0 bridgehead atoms. The first kappa shape index (κ1) is 17.7. The molecule has 0 heterocycles. The zero-order valence-electron chi connectivity index (χ0n) is 13.4. The smallest absolute Gasteiger partial charge is 0.306 e. The molecule has 0 atom stereocenters. The van der Waals surface area contributed by atoms with Crippen molar-refractivity contribution in [2.75, 3.05) is 0 Å². The van der Waals surface area contributed by atoms with Gasteiger partial charge in [-0.3, -0.25) is 4.79 Å². The second-order valence-electron chi connectivity index (χ2n) is 6.15. The van der Waals surface area contributed by atoms with Crippen LogP contribution in [0, 0.1) is 5.92 Å². The predicted octanol–water partition coefficient (Wildman–Crippen LogP) is 2.40. The van der Waals surface area contributed by atoms with Crippen LogP contribution < -0.4 is 9.46 Å². The van der Waals surface area contributed by atoms with E-state index in [-0.39, 0.29) is 23.0 Å². The van der Waals surface area contributed by atoms with Crippen molar-refractivity contribution in [1.29, 1.82) is 0 Å². The monoisotopic (exact) mass is 341 g/mol. The van der Waals surface area contributed by atoms with E-state index in [0.29, 0.717) is 31.4 Å². The first-order valence-electron chi connectivity index (χ1n) is 7.80. The van der Waals surface area contributed by atoms with Crippen LogP contribution in [-0.4, -0.2) is 31.6 Å². The Morgan fingerprint density at radius 1 is 1.17 bits per heavy atom. The van der Waals surface area contributed by atoms with E-state index in [1.807, 2.05) is 13.8 Å². The molecule has 1 fully saturated rings. The maximum absolute atomic E-state index is 12.4. The molecule has 2 rings (SSSR count). The van der Waals surface area contributed by atoms with Crippen molar-refractivity contribution < 1.29 is 23.1 Å². The van der Waals surface area contributed by atoms with Crippen LogP contribution in [0.15, 0.2) is 29.2 Å². The summed E-state index contributed by atoms with van der Waals surface area (Å²) in [6.45, 7) is 3.80. The lowest BCUT2D eigenvalue weighted by molar-refractivity contribution is -0.142. The van der Waals surface area contributed by atoms with Crippen molar-refractivity contribution in [3.05, 3.63) is 24.3 Å². The second-order valence-corrected chi connectivity index (χ2v) is 7.86. The molecule has 0 spiro atoms. The summed E-state index contributed by atoms with van der Waals surface area (Å²) in [5, 5.41) is 8.97. The van der Waals surface area contributed by atoms with Gasteiger partial charge in [-0.25, -0.2) is 13.1 Å². The SMILES string of the molecule is CC(C)Oc1ccc(S(=O)(=O)NC2CCC(C(=O)O)CC2)cc1. The average molecular weight is 341 g/mol. The van der Waals surface area contributed by atoms with Gasteiger partial charge in [-0.1, -0.05) is 0 Å². The lowest BCUT2D eigenvalue weighted by Crippen LogP contribution is -2.38. The zero-order valence-corrected chi connectivity index (χ0v) is 14.2. The number of carboxylic acid groups (broad SMARTS) is 1. The summed E-state index contributed by atoms with van der Waals surface area (Å²) in [6, 6.07) is 6.10. The van der Waals surface area contributed by atoms with Crippen LogP contribution in [0.3, 0.4) is 0 Å². The summed E-state index contributed by atoms with van der Waals surface area (Å²) in [4.78, 5) is 11.1. The molecule has 1 aliphatic rings. The summed E-state index contributed by atoms with van der Waals surface area (Å²) in [7, 11) is -3.60. The van der Waals surface area contributed by atoms with Crippen LogP contribution in [0.1, 0.15) is 39.5 Å². The number of sulfonamides is 1. The normalized spacial score (nSPS) is 22.0. The molecule has 1 aliphatic carbocycles. The Kier molecular flexibility index (Phi) is 5.64. The molecule has 0 radical (unpaired) electrons. The van der Waals surface area contributed by atoms with Gasteiger partial charge in [-0.05, 0) is 63.8 Å². The third-order valence-electron chi connectivity index (χ3n) is 3.90. The molecule has 6 nitrogen and oxygen atoms in total. The summed E-state index contributed by atoms with van der Waals surface area (Å²) >= 11 is 0. The fourth-order valence-electron chi connectivity index (χ4n) is 2.72. The molecule has 1 aromatic carbocycles. The number of aliphatic carboxylic acids is 1. The minimum atomic E-state index is -3.60. The Morgan fingerprint density at radius 3 is 2.22 bits per heavy atom. The molecule has 0 unspecified atom stereocenters. The molecule has 0 aromatic heterocycles. The lowest BCUT2D eigenvalue weighted by atomic mass is 9.87. The summed E-state index contributed by atoms with van der Waals surface area (Å²) in [5.41, 5.74) is 0. The Labute approximate surface area is 136 Å². The van der Waals surface area contributed by atoms with Gasteiger partial charge in [0.25, 0.3) is 0 Å². The number of ether oxygens (including phenoxy) is 1. The highest BCUT2D eigenvalue weighted by Gasteiger charge is 2.28. The maximum atomic E-state index is 12.4. The lowest BCUT2D eigenvalue weighted by Gasteiger charge is -2.26. The van der Waals surface area contributed by atoms with Crippen LogP contribution in [-0.2, 0) is 14.8 Å². The minimum absolute atomic E-state index is 0.0278. The molecule has 0 amide bonds. The van der Waals surface area contributed by atoms with Gasteiger partial charge in [0, 0.05) is 6.04 Å². The standard InChI is InChI=1S/C16H23NO5S/c1-11(2)22-14-7-9-15(10-8-14)23(20,21)17-13-5-3-12(4-6-13)16(18)19/h7-13,17H,3-6H2,1-2H3,(H,18,19). The van der Waals surface area contributed by atoms with E-state index in [0.717, 1.165) is 0 Å². The van der Waals surface area contributed by atoms with E-state index >= 15 is 0 Å². The van der Waals surface area contributed by atoms with Crippen LogP contribution in [0.25, 0.3) is 0 Å². The largest absolute Gasteiger partial charge is 0.491 e. The van der Waals surface area contributed by atoms with E-state index in [2.05, 4.69) is 4.72 Å². The summed E-state index contributed by atoms with van der Waals surface area (Å²) in [6.07, 6.45) is 2.13. The third-order valence-corrected chi connectivity index (χ3v) is 5.44. The van der Waals surface area contributed by atoms with Gasteiger partial charge >= 0.3 is 5.97 Å². The van der Waals surface area contributed by atoms with Crippen molar-refractivity contribution >= 4 is 16.0 Å². The number of benzene rings is 1. The van der Waals surface area contributed by atoms with Gasteiger partial charge in [0.15, 0.2) is 0 Å². The van der Waals surface area contributed by atoms with E-state index in [1.54, 1.807) is 12.1 Å².